The smallest absolute Gasteiger partial charge is 0.258 e. The number of carbonyl (C=O) groups excluding carboxylic acids is 1. The molecule has 0 saturated carbocycles. The van der Waals surface area contributed by atoms with Crippen molar-refractivity contribution in [2.24, 2.45) is 0 Å². The molecule has 0 unspecified atom stereocenters. The number of aromatic hydroxyl groups is 1. The summed E-state index contributed by atoms with van der Waals surface area (Å²) in [4.78, 5) is 13.8. The number of hydrogen-bond donors (Lipinski definition) is 2. The van der Waals surface area contributed by atoms with Crippen LogP contribution in [0.4, 0.5) is 11.4 Å². The third kappa shape index (κ3) is 2.68. The molecule has 0 heterocycles. The van der Waals surface area contributed by atoms with Gasteiger partial charge < -0.3 is 15.7 Å². The molecule has 2 aromatic rings. The number of rotatable bonds is 2. The van der Waals surface area contributed by atoms with Gasteiger partial charge in [-0.2, -0.15) is 0 Å². The number of phenolic OH excluding ortho intramolecular Hbond substituents is 1. The fourth-order valence-electron chi connectivity index (χ4n) is 1.82. The highest BCUT2D eigenvalue weighted by Crippen LogP contribution is 2.23. The van der Waals surface area contributed by atoms with E-state index in [-0.39, 0.29) is 17.3 Å². The molecule has 19 heavy (non-hydrogen) atoms. The third-order valence-corrected chi connectivity index (χ3v) is 2.97. The average molecular weight is 256 g/mol. The Balaban J connectivity index is 2.30. The van der Waals surface area contributed by atoms with Crippen LogP contribution in [-0.2, 0) is 0 Å². The second kappa shape index (κ2) is 5.02. The van der Waals surface area contributed by atoms with E-state index in [4.69, 9.17) is 5.73 Å². The average Bonchev–Trinajstić information content (AvgIpc) is 2.40. The van der Waals surface area contributed by atoms with Gasteiger partial charge in [-0.25, -0.2) is 0 Å². The maximum absolute atomic E-state index is 12.3. The highest BCUT2D eigenvalue weighted by atomic mass is 16.3. The molecule has 3 N–H and O–H groups in total. The molecule has 0 spiro atoms. The molecule has 0 saturated heterocycles. The minimum Gasteiger partial charge on any atom is -0.506 e. The zero-order valence-corrected chi connectivity index (χ0v) is 10.9. The van der Waals surface area contributed by atoms with Crippen molar-refractivity contribution in [3.05, 3.63) is 53.6 Å². The lowest BCUT2D eigenvalue weighted by molar-refractivity contribution is 0.0992. The molecule has 0 aliphatic carbocycles. The van der Waals surface area contributed by atoms with E-state index in [9.17, 15) is 9.90 Å². The van der Waals surface area contributed by atoms with Gasteiger partial charge in [0.05, 0.1) is 5.69 Å². The molecule has 0 aliphatic heterocycles. The lowest BCUT2D eigenvalue weighted by Gasteiger charge is -2.18. The summed E-state index contributed by atoms with van der Waals surface area (Å²) in [5.74, 6) is -0.274. The monoisotopic (exact) mass is 256 g/mol. The molecule has 4 nitrogen and oxygen atoms in total. The Morgan fingerprint density at radius 2 is 1.95 bits per heavy atom. The fourth-order valence-corrected chi connectivity index (χ4v) is 1.82. The van der Waals surface area contributed by atoms with E-state index in [1.807, 2.05) is 31.2 Å². The van der Waals surface area contributed by atoms with Crippen molar-refractivity contribution in [2.45, 2.75) is 6.92 Å². The van der Waals surface area contributed by atoms with Gasteiger partial charge in [-0.1, -0.05) is 12.1 Å². The van der Waals surface area contributed by atoms with E-state index in [2.05, 4.69) is 0 Å². The van der Waals surface area contributed by atoms with Crippen molar-refractivity contribution < 1.29 is 9.90 Å². The number of aryl methyl sites for hydroxylation is 1. The van der Waals surface area contributed by atoms with Gasteiger partial charge in [-0.15, -0.1) is 0 Å². The zero-order chi connectivity index (χ0) is 14.0. The molecule has 0 aliphatic rings. The zero-order valence-electron chi connectivity index (χ0n) is 10.9. The second-order valence-electron chi connectivity index (χ2n) is 4.48. The molecule has 4 heteroatoms. The number of amides is 1. The van der Waals surface area contributed by atoms with Gasteiger partial charge in [-0.05, 0) is 42.8 Å². The van der Waals surface area contributed by atoms with Gasteiger partial charge in [0, 0.05) is 18.3 Å². The summed E-state index contributed by atoms with van der Waals surface area (Å²) in [6.45, 7) is 1.97. The van der Waals surface area contributed by atoms with Crippen LogP contribution in [-0.4, -0.2) is 18.1 Å². The lowest BCUT2D eigenvalue weighted by Crippen LogP contribution is -2.26. The first-order valence-corrected chi connectivity index (χ1v) is 5.92. The molecule has 2 aromatic carbocycles. The quantitative estimate of drug-likeness (QED) is 0.641. The van der Waals surface area contributed by atoms with Gasteiger partial charge in [0.15, 0.2) is 0 Å². The summed E-state index contributed by atoms with van der Waals surface area (Å²) >= 11 is 0. The van der Waals surface area contributed by atoms with Crippen LogP contribution in [0.25, 0.3) is 0 Å². The largest absolute Gasteiger partial charge is 0.506 e. The predicted molar refractivity (Wildman–Crippen MR) is 76.4 cm³/mol. The summed E-state index contributed by atoms with van der Waals surface area (Å²) in [5.41, 5.74) is 8.07. The molecule has 1 amide bonds. The first-order valence-electron chi connectivity index (χ1n) is 5.92. The Morgan fingerprint density at radius 1 is 1.21 bits per heavy atom. The van der Waals surface area contributed by atoms with Crippen LogP contribution in [0.2, 0.25) is 0 Å². The SMILES string of the molecule is Cc1cccc(N(C)C(=O)c2ccc(N)c(O)c2)c1. The molecular weight excluding hydrogens is 240 g/mol. The Kier molecular flexibility index (Phi) is 3.42. The van der Waals surface area contributed by atoms with Crippen LogP contribution >= 0.6 is 0 Å². The number of hydrogen-bond acceptors (Lipinski definition) is 3. The number of anilines is 2. The Morgan fingerprint density at radius 3 is 2.58 bits per heavy atom. The number of phenols is 1. The molecule has 98 valence electrons. The third-order valence-electron chi connectivity index (χ3n) is 2.97. The van der Waals surface area contributed by atoms with Crippen molar-refractivity contribution in [3.63, 3.8) is 0 Å². The standard InChI is InChI=1S/C15H16N2O2/c1-10-4-3-5-12(8-10)17(2)15(19)11-6-7-13(16)14(18)9-11/h3-9,18H,16H2,1-2H3. The molecule has 2 rings (SSSR count). The van der Waals surface area contributed by atoms with E-state index >= 15 is 0 Å². The summed E-state index contributed by atoms with van der Waals surface area (Å²) < 4.78 is 0. The van der Waals surface area contributed by atoms with Gasteiger partial charge in [-0.3, -0.25) is 4.79 Å². The predicted octanol–water partition coefficient (Wildman–Crippen LogP) is 2.56. The number of carbonyl (C=O) groups is 1. The van der Waals surface area contributed by atoms with Gasteiger partial charge in [0.25, 0.3) is 5.91 Å². The minimum absolute atomic E-state index is 0.0801. The van der Waals surface area contributed by atoms with Crippen LogP contribution in [0.1, 0.15) is 15.9 Å². The normalized spacial score (nSPS) is 10.2. The molecule has 0 radical (unpaired) electrons. The van der Waals surface area contributed by atoms with Gasteiger partial charge in [0.2, 0.25) is 0 Å². The van der Waals surface area contributed by atoms with Gasteiger partial charge in [0.1, 0.15) is 5.75 Å². The minimum atomic E-state index is -0.194. The van der Waals surface area contributed by atoms with Crippen LogP contribution in [0.15, 0.2) is 42.5 Å². The van der Waals surface area contributed by atoms with Crippen molar-refractivity contribution in [2.75, 3.05) is 17.7 Å². The number of nitrogens with zero attached hydrogens (tertiary/aromatic N) is 1. The van der Waals surface area contributed by atoms with E-state index < -0.39 is 0 Å². The second-order valence-corrected chi connectivity index (χ2v) is 4.48. The first-order chi connectivity index (χ1) is 8.99. The molecule has 0 bridgehead atoms. The molecule has 0 atom stereocenters. The van der Waals surface area contributed by atoms with Crippen molar-refractivity contribution >= 4 is 17.3 Å². The number of nitrogen functional groups attached to an aromatic ring is 1. The van der Waals surface area contributed by atoms with Crippen LogP contribution in [0.3, 0.4) is 0 Å². The lowest BCUT2D eigenvalue weighted by atomic mass is 10.1. The van der Waals surface area contributed by atoms with Crippen molar-refractivity contribution in [3.8, 4) is 5.75 Å². The molecule has 0 aromatic heterocycles. The van der Waals surface area contributed by atoms with E-state index in [1.54, 1.807) is 13.1 Å². The van der Waals surface area contributed by atoms with Crippen molar-refractivity contribution in [1.29, 1.82) is 0 Å². The highest BCUT2D eigenvalue weighted by molar-refractivity contribution is 6.06. The Labute approximate surface area is 112 Å². The fraction of sp³-hybridized carbons (Fsp3) is 0.133. The van der Waals surface area contributed by atoms with Crippen molar-refractivity contribution in [1.82, 2.24) is 0 Å². The highest BCUT2D eigenvalue weighted by Gasteiger charge is 2.14. The maximum Gasteiger partial charge on any atom is 0.258 e. The van der Waals surface area contributed by atoms with E-state index in [1.165, 1.54) is 17.0 Å². The number of benzene rings is 2. The van der Waals surface area contributed by atoms with Crippen LogP contribution in [0, 0.1) is 6.92 Å². The van der Waals surface area contributed by atoms with Gasteiger partial charge >= 0.3 is 0 Å². The summed E-state index contributed by atoms with van der Waals surface area (Å²) in [5, 5.41) is 9.55. The summed E-state index contributed by atoms with van der Waals surface area (Å²) in [6.07, 6.45) is 0. The molecule has 0 fully saturated rings. The summed E-state index contributed by atoms with van der Waals surface area (Å²) in [6, 6.07) is 12.2. The maximum atomic E-state index is 12.3. The van der Waals surface area contributed by atoms with Crippen LogP contribution < -0.4 is 10.6 Å². The van der Waals surface area contributed by atoms with E-state index in [0.717, 1.165) is 11.3 Å². The first kappa shape index (κ1) is 13.0. The summed E-state index contributed by atoms with van der Waals surface area (Å²) in [7, 11) is 1.70. The Hall–Kier alpha value is -2.49. The number of nitrogens with two attached hydrogens (primary N) is 1. The Bertz CT molecular complexity index is 623. The van der Waals surface area contributed by atoms with E-state index in [0.29, 0.717) is 5.56 Å². The molecular formula is C15H16N2O2. The van der Waals surface area contributed by atoms with Crippen LogP contribution in [0.5, 0.6) is 5.75 Å². The topological polar surface area (TPSA) is 66.6 Å².